The fraction of sp³-hybridized carbons (Fsp3) is 0.606. The van der Waals surface area contributed by atoms with Crippen LogP contribution in [-0.4, -0.2) is 27.4 Å². The largest absolute Gasteiger partial charge is 0.518 e. The summed E-state index contributed by atoms with van der Waals surface area (Å²) in [5.41, 5.74) is 1.66. The maximum atomic E-state index is 11.1. The van der Waals surface area contributed by atoms with Crippen LogP contribution in [0.2, 0.25) is 0 Å². The number of rotatable bonds is 3. The Morgan fingerprint density at radius 2 is 1.26 bits per heavy atom. The molecular formula is C33H42IrNO3-. The molecule has 0 bridgehead atoms. The van der Waals surface area contributed by atoms with E-state index in [9.17, 15) is 10.2 Å². The van der Waals surface area contributed by atoms with Crippen LogP contribution in [0.4, 0.5) is 0 Å². The summed E-state index contributed by atoms with van der Waals surface area (Å²) in [5, 5.41) is 23.2. The molecule has 4 aliphatic carbocycles. The third-order valence-electron chi connectivity index (χ3n) is 10.2. The minimum absolute atomic E-state index is 0. The van der Waals surface area contributed by atoms with Crippen molar-refractivity contribution in [2.24, 2.45) is 35.5 Å². The quantitative estimate of drug-likeness (QED) is 0.281. The second-order valence-corrected chi connectivity index (χ2v) is 12.2. The van der Waals surface area contributed by atoms with Gasteiger partial charge >= 0.3 is 0 Å². The van der Waals surface area contributed by atoms with Crippen LogP contribution in [-0.2, 0) is 20.1 Å². The predicted molar refractivity (Wildman–Crippen MR) is 147 cm³/mol. The molecule has 4 nitrogen and oxygen atoms in total. The molecule has 7 rings (SSSR count). The predicted octanol–water partition coefficient (Wildman–Crippen LogP) is 7.43. The van der Waals surface area contributed by atoms with Gasteiger partial charge in [0.2, 0.25) is 0 Å². The van der Waals surface area contributed by atoms with Crippen molar-refractivity contribution in [1.82, 2.24) is 4.98 Å². The third-order valence-corrected chi connectivity index (χ3v) is 10.2. The number of hydrogen-bond donors (Lipinski definition) is 2. The summed E-state index contributed by atoms with van der Waals surface area (Å²) in [6.45, 7) is 0. The number of aromatic nitrogens is 1. The van der Waals surface area contributed by atoms with Gasteiger partial charge in [-0.05, 0) is 61.3 Å². The number of aliphatic hydroxyl groups excluding tert-OH is 2. The minimum Gasteiger partial charge on any atom is -0.518 e. The summed E-state index contributed by atoms with van der Waals surface area (Å²) < 4.78 is 5.64. The average molecular weight is 693 g/mol. The van der Waals surface area contributed by atoms with Gasteiger partial charge in [0.15, 0.2) is 0 Å². The zero-order chi connectivity index (χ0) is 25.2. The van der Waals surface area contributed by atoms with Crippen LogP contribution in [0.3, 0.4) is 0 Å². The van der Waals surface area contributed by atoms with Crippen molar-refractivity contribution in [2.75, 3.05) is 0 Å². The zero-order valence-corrected chi connectivity index (χ0v) is 24.7. The molecule has 5 heteroatoms. The van der Waals surface area contributed by atoms with E-state index in [1.165, 1.54) is 77.0 Å². The Bertz CT molecular complexity index is 1070. The SMILES string of the molecule is OC1C2C(CC[C@@H]1C1CCCC1)CC[C@@H](C1CCCC1)C2O.[Ir].[c-]1c(-c2ccccn2)oc2ccccc12. The van der Waals surface area contributed by atoms with Gasteiger partial charge in [-0.3, -0.25) is 0 Å². The van der Waals surface area contributed by atoms with Crippen molar-refractivity contribution in [3.63, 3.8) is 0 Å². The van der Waals surface area contributed by atoms with E-state index >= 15 is 0 Å². The van der Waals surface area contributed by atoms with Crippen molar-refractivity contribution < 1.29 is 34.7 Å². The van der Waals surface area contributed by atoms with Gasteiger partial charge in [0.05, 0.1) is 18.0 Å². The van der Waals surface area contributed by atoms with Crippen molar-refractivity contribution in [2.45, 2.75) is 89.3 Å². The molecule has 0 aliphatic heterocycles. The van der Waals surface area contributed by atoms with Crippen LogP contribution in [0.1, 0.15) is 77.0 Å². The summed E-state index contributed by atoms with van der Waals surface area (Å²) >= 11 is 0. The smallest absolute Gasteiger partial charge is 0.0626 e. The average Bonchev–Trinajstić information content (AvgIpc) is 3.72. The molecule has 4 fully saturated rings. The Hall–Kier alpha value is -1.52. The van der Waals surface area contributed by atoms with Gasteiger partial charge in [0.25, 0.3) is 0 Å². The van der Waals surface area contributed by atoms with Gasteiger partial charge in [0.1, 0.15) is 0 Å². The van der Waals surface area contributed by atoms with Gasteiger partial charge in [0, 0.05) is 43.5 Å². The standard InChI is InChI=1S/C20H34O2.C13H8NO.Ir/c21-19-16(13-5-1-2-6-13)11-9-15-10-12-17(20(22)18(15)19)14-7-3-4-8-14;1-2-7-12-10(5-1)9-13(15-12)11-6-3-4-8-14-11;/h13-22H,1-12H2;1-8H;/q;-1;/t15?,16-,17+,18?,19?,20?;;. The normalized spacial score (nSPS) is 31.8. The topological polar surface area (TPSA) is 66.5 Å². The number of nitrogens with zero attached hydrogens (tertiary/aromatic N) is 1. The van der Waals surface area contributed by atoms with Crippen LogP contribution in [0.15, 0.2) is 53.1 Å². The number of benzene rings is 1. The van der Waals surface area contributed by atoms with Crippen LogP contribution < -0.4 is 0 Å². The Morgan fingerprint density at radius 3 is 1.82 bits per heavy atom. The van der Waals surface area contributed by atoms with E-state index in [0.717, 1.165) is 28.5 Å². The van der Waals surface area contributed by atoms with E-state index in [0.29, 0.717) is 23.5 Å². The second kappa shape index (κ2) is 12.8. The van der Waals surface area contributed by atoms with Crippen molar-refractivity contribution in [3.05, 3.63) is 54.7 Å². The minimum atomic E-state index is -0.221. The molecule has 1 radical (unpaired) electrons. The number of furan rings is 1. The summed E-state index contributed by atoms with van der Waals surface area (Å²) in [7, 11) is 0. The maximum absolute atomic E-state index is 11.1. The molecule has 2 aromatic heterocycles. The zero-order valence-electron chi connectivity index (χ0n) is 22.3. The molecule has 1 aromatic carbocycles. The monoisotopic (exact) mass is 693 g/mol. The molecule has 4 aliphatic rings. The van der Waals surface area contributed by atoms with Crippen LogP contribution in [0.25, 0.3) is 22.4 Å². The maximum Gasteiger partial charge on any atom is 0.0626 e. The Balaban J connectivity index is 0.000000161. The number of para-hydroxylation sites is 1. The first-order valence-corrected chi connectivity index (χ1v) is 14.9. The fourth-order valence-corrected chi connectivity index (χ4v) is 8.34. The van der Waals surface area contributed by atoms with E-state index in [-0.39, 0.29) is 38.2 Å². The van der Waals surface area contributed by atoms with Crippen molar-refractivity contribution in [1.29, 1.82) is 0 Å². The van der Waals surface area contributed by atoms with E-state index in [2.05, 4.69) is 11.1 Å². The van der Waals surface area contributed by atoms with E-state index in [4.69, 9.17) is 4.42 Å². The van der Waals surface area contributed by atoms with Crippen LogP contribution >= 0.6 is 0 Å². The van der Waals surface area contributed by atoms with E-state index in [1.54, 1.807) is 6.20 Å². The van der Waals surface area contributed by atoms with Gasteiger partial charge in [-0.15, -0.1) is 17.5 Å². The van der Waals surface area contributed by atoms with Crippen molar-refractivity contribution >= 4 is 11.0 Å². The molecule has 38 heavy (non-hydrogen) atoms. The third kappa shape index (κ3) is 5.82. The first kappa shape index (κ1) is 28.0. The number of fused-ring (bicyclic) bond motifs is 2. The molecule has 4 unspecified atom stereocenters. The first-order chi connectivity index (χ1) is 18.2. The van der Waals surface area contributed by atoms with Gasteiger partial charge in [-0.1, -0.05) is 81.7 Å². The molecule has 0 spiro atoms. The van der Waals surface area contributed by atoms with Crippen LogP contribution in [0, 0.1) is 41.6 Å². The number of pyridine rings is 1. The molecule has 6 atom stereocenters. The summed E-state index contributed by atoms with van der Waals surface area (Å²) in [6, 6.07) is 16.7. The van der Waals surface area contributed by atoms with Gasteiger partial charge < -0.3 is 19.6 Å². The van der Waals surface area contributed by atoms with Crippen LogP contribution in [0.5, 0.6) is 0 Å². The van der Waals surface area contributed by atoms with Gasteiger partial charge in [-0.2, -0.15) is 0 Å². The molecule has 0 amide bonds. The summed E-state index contributed by atoms with van der Waals surface area (Å²) in [5.74, 6) is 3.95. The number of aliphatic hydroxyl groups is 2. The Morgan fingerprint density at radius 1 is 0.684 bits per heavy atom. The first-order valence-electron chi connectivity index (χ1n) is 14.9. The molecule has 207 valence electrons. The molecule has 2 N–H and O–H groups in total. The van der Waals surface area contributed by atoms with Crippen molar-refractivity contribution in [3.8, 4) is 11.5 Å². The second-order valence-electron chi connectivity index (χ2n) is 12.2. The van der Waals surface area contributed by atoms with Gasteiger partial charge in [-0.25, -0.2) is 0 Å². The Labute approximate surface area is 241 Å². The summed E-state index contributed by atoms with van der Waals surface area (Å²) in [6.07, 6.45) is 17.0. The number of hydrogen-bond acceptors (Lipinski definition) is 4. The Kier molecular flexibility index (Phi) is 9.41. The molecule has 3 aromatic rings. The van der Waals surface area contributed by atoms with E-state index in [1.807, 2.05) is 42.5 Å². The molecular weight excluding hydrogens is 651 g/mol. The molecule has 0 saturated heterocycles. The molecule has 4 saturated carbocycles. The fourth-order valence-electron chi connectivity index (χ4n) is 8.34. The molecule has 2 heterocycles. The summed E-state index contributed by atoms with van der Waals surface area (Å²) in [4.78, 5) is 4.22. The van der Waals surface area contributed by atoms with E-state index < -0.39 is 0 Å².